The van der Waals surface area contributed by atoms with E-state index in [2.05, 4.69) is 16.2 Å². The molecule has 3 rings (SSSR count). The zero-order valence-corrected chi connectivity index (χ0v) is 15.0. The number of carbonyl (C=O) groups is 3. The Labute approximate surface area is 152 Å². The lowest BCUT2D eigenvalue weighted by molar-refractivity contribution is -0.122. The predicted octanol–water partition coefficient (Wildman–Crippen LogP) is 3.00. The van der Waals surface area contributed by atoms with Gasteiger partial charge in [-0.25, -0.2) is 0 Å². The molecule has 26 heavy (non-hydrogen) atoms. The maximum Gasteiger partial charge on any atom is 0.271 e. The van der Waals surface area contributed by atoms with Crippen LogP contribution in [0.15, 0.2) is 36.4 Å². The quantitative estimate of drug-likeness (QED) is 0.722. The number of hydrazine groups is 1. The number of anilines is 1. The van der Waals surface area contributed by atoms with E-state index in [1.165, 1.54) is 0 Å². The van der Waals surface area contributed by atoms with Gasteiger partial charge in [-0.2, -0.15) is 0 Å². The first kappa shape index (κ1) is 17.9. The number of fused-ring (bicyclic) bond motifs is 1. The molecule has 3 amide bonds. The van der Waals surface area contributed by atoms with E-state index < -0.39 is 5.91 Å². The van der Waals surface area contributed by atoms with Gasteiger partial charge in [-0.3, -0.25) is 25.2 Å². The summed E-state index contributed by atoms with van der Waals surface area (Å²) >= 11 is 0. The van der Waals surface area contributed by atoms with Crippen LogP contribution in [0.5, 0.6) is 0 Å². The second kappa shape index (κ2) is 7.56. The average Bonchev–Trinajstić information content (AvgIpc) is 3.43. The van der Waals surface area contributed by atoms with Gasteiger partial charge < -0.3 is 5.32 Å². The van der Waals surface area contributed by atoms with Gasteiger partial charge in [-0.05, 0) is 41.7 Å². The van der Waals surface area contributed by atoms with Crippen molar-refractivity contribution in [1.29, 1.82) is 0 Å². The van der Waals surface area contributed by atoms with Crippen molar-refractivity contribution in [2.45, 2.75) is 33.1 Å². The molecule has 0 spiro atoms. The van der Waals surface area contributed by atoms with E-state index in [0.717, 1.165) is 23.6 Å². The highest BCUT2D eigenvalue weighted by Gasteiger charge is 2.30. The number of amides is 3. The van der Waals surface area contributed by atoms with Gasteiger partial charge >= 0.3 is 0 Å². The van der Waals surface area contributed by atoms with E-state index in [1.807, 2.05) is 38.1 Å². The molecular weight excluding hydrogens is 330 g/mol. The molecule has 1 fully saturated rings. The normalized spacial score (nSPS) is 13.5. The van der Waals surface area contributed by atoms with Gasteiger partial charge in [-0.1, -0.05) is 38.1 Å². The molecule has 6 heteroatoms. The van der Waals surface area contributed by atoms with Crippen molar-refractivity contribution >= 4 is 34.2 Å². The van der Waals surface area contributed by atoms with Gasteiger partial charge in [0.25, 0.3) is 5.91 Å². The molecule has 3 N–H and O–H groups in total. The Morgan fingerprint density at radius 3 is 2.31 bits per heavy atom. The number of hydrogen-bond acceptors (Lipinski definition) is 3. The van der Waals surface area contributed by atoms with Crippen molar-refractivity contribution in [3.05, 3.63) is 42.0 Å². The van der Waals surface area contributed by atoms with E-state index in [4.69, 9.17) is 0 Å². The minimum absolute atomic E-state index is 0.0307. The number of nitrogens with one attached hydrogen (secondary N) is 3. The average molecular weight is 353 g/mol. The van der Waals surface area contributed by atoms with Crippen LogP contribution >= 0.6 is 0 Å². The van der Waals surface area contributed by atoms with Crippen LogP contribution in [0.25, 0.3) is 10.8 Å². The maximum absolute atomic E-state index is 12.6. The Morgan fingerprint density at radius 1 is 1.04 bits per heavy atom. The molecule has 0 atom stereocenters. The zero-order valence-electron chi connectivity index (χ0n) is 15.0. The number of benzene rings is 2. The topological polar surface area (TPSA) is 87.3 Å². The van der Waals surface area contributed by atoms with E-state index in [1.54, 1.807) is 12.1 Å². The van der Waals surface area contributed by atoms with Crippen LogP contribution in [-0.2, 0) is 9.59 Å². The van der Waals surface area contributed by atoms with Crippen LogP contribution in [0.3, 0.4) is 0 Å². The number of carbonyl (C=O) groups excluding carboxylic acids is 3. The Bertz CT molecular complexity index is 857. The van der Waals surface area contributed by atoms with Gasteiger partial charge in [0.1, 0.15) is 0 Å². The third-order valence-corrected chi connectivity index (χ3v) is 4.25. The highest BCUT2D eigenvalue weighted by molar-refractivity contribution is 6.08. The fourth-order valence-corrected chi connectivity index (χ4v) is 2.73. The fraction of sp³-hybridized carbons (Fsp3) is 0.350. The van der Waals surface area contributed by atoms with Crippen molar-refractivity contribution < 1.29 is 14.4 Å². The molecule has 0 heterocycles. The van der Waals surface area contributed by atoms with Crippen LogP contribution in [0, 0.1) is 11.8 Å². The molecule has 2 aromatic rings. The molecule has 0 radical (unpaired) electrons. The second-order valence-corrected chi connectivity index (χ2v) is 7.11. The molecule has 0 aromatic heterocycles. The molecule has 0 unspecified atom stereocenters. The van der Waals surface area contributed by atoms with Crippen molar-refractivity contribution in [1.82, 2.24) is 10.9 Å². The second-order valence-electron chi connectivity index (χ2n) is 7.11. The largest absolute Gasteiger partial charge is 0.325 e. The molecular formula is C20H23N3O3. The summed E-state index contributed by atoms with van der Waals surface area (Å²) < 4.78 is 0. The van der Waals surface area contributed by atoms with Crippen molar-refractivity contribution in [2.75, 3.05) is 5.32 Å². The predicted molar refractivity (Wildman–Crippen MR) is 100 cm³/mol. The summed E-state index contributed by atoms with van der Waals surface area (Å²) in [6.07, 6.45) is 2.09. The smallest absolute Gasteiger partial charge is 0.271 e. The minimum atomic E-state index is -0.459. The first-order chi connectivity index (χ1) is 12.4. The van der Waals surface area contributed by atoms with Gasteiger partial charge in [-0.15, -0.1) is 0 Å². The lowest BCUT2D eigenvalue weighted by Crippen LogP contribution is -2.42. The lowest BCUT2D eigenvalue weighted by atomic mass is 10.0. The fourth-order valence-electron chi connectivity index (χ4n) is 2.73. The Hall–Kier alpha value is -2.89. The molecule has 2 aromatic carbocycles. The first-order valence-electron chi connectivity index (χ1n) is 8.87. The SMILES string of the molecule is CC(C)CC(=O)NNC(=O)c1cc2ccccc2cc1NC(=O)C1CC1. The summed E-state index contributed by atoms with van der Waals surface area (Å²) in [7, 11) is 0. The van der Waals surface area contributed by atoms with Crippen molar-refractivity contribution in [3.63, 3.8) is 0 Å². The Morgan fingerprint density at radius 2 is 1.69 bits per heavy atom. The molecule has 1 aliphatic carbocycles. The van der Waals surface area contributed by atoms with Crippen molar-refractivity contribution in [3.8, 4) is 0 Å². The lowest BCUT2D eigenvalue weighted by Gasteiger charge is -2.14. The summed E-state index contributed by atoms with van der Waals surface area (Å²) in [6, 6.07) is 11.1. The summed E-state index contributed by atoms with van der Waals surface area (Å²) in [5, 5.41) is 4.67. The van der Waals surface area contributed by atoms with Crippen LogP contribution in [0.1, 0.15) is 43.5 Å². The monoisotopic (exact) mass is 353 g/mol. The zero-order chi connectivity index (χ0) is 18.7. The molecule has 136 valence electrons. The summed E-state index contributed by atoms with van der Waals surface area (Å²) in [5.74, 6) is -0.557. The standard InChI is InChI=1S/C20H23N3O3/c1-12(2)9-18(24)22-23-20(26)16-10-14-5-3-4-6-15(14)11-17(16)21-19(25)13-7-8-13/h3-6,10-13H,7-9H2,1-2H3,(H,21,25)(H,22,24)(H,23,26). The van der Waals surface area contributed by atoms with E-state index in [9.17, 15) is 14.4 Å². The van der Waals surface area contributed by atoms with Gasteiger partial charge in [0.2, 0.25) is 11.8 Å². The molecule has 0 aliphatic heterocycles. The van der Waals surface area contributed by atoms with E-state index >= 15 is 0 Å². The third-order valence-electron chi connectivity index (χ3n) is 4.25. The molecule has 0 saturated heterocycles. The summed E-state index contributed by atoms with van der Waals surface area (Å²) in [5.41, 5.74) is 5.64. The molecule has 0 bridgehead atoms. The summed E-state index contributed by atoms with van der Waals surface area (Å²) in [6.45, 7) is 3.85. The maximum atomic E-state index is 12.6. The molecule has 1 aliphatic rings. The van der Waals surface area contributed by atoms with Crippen LogP contribution < -0.4 is 16.2 Å². The van der Waals surface area contributed by atoms with E-state index in [0.29, 0.717) is 17.7 Å². The van der Waals surface area contributed by atoms with E-state index in [-0.39, 0.29) is 23.7 Å². The summed E-state index contributed by atoms with van der Waals surface area (Å²) in [4.78, 5) is 36.5. The van der Waals surface area contributed by atoms with Crippen LogP contribution in [0.4, 0.5) is 5.69 Å². The molecule has 1 saturated carbocycles. The van der Waals surface area contributed by atoms with Gasteiger partial charge in [0.15, 0.2) is 0 Å². The van der Waals surface area contributed by atoms with Crippen molar-refractivity contribution in [2.24, 2.45) is 11.8 Å². The molecule has 6 nitrogen and oxygen atoms in total. The highest BCUT2D eigenvalue weighted by atomic mass is 16.2. The Kier molecular flexibility index (Phi) is 5.21. The van der Waals surface area contributed by atoms with Gasteiger partial charge in [0.05, 0.1) is 11.3 Å². The van der Waals surface area contributed by atoms with Gasteiger partial charge in [0, 0.05) is 12.3 Å². The van der Waals surface area contributed by atoms with Crippen LogP contribution in [0.2, 0.25) is 0 Å². The minimum Gasteiger partial charge on any atom is -0.325 e. The number of rotatable bonds is 5. The Balaban J connectivity index is 1.82. The first-order valence-corrected chi connectivity index (χ1v) is 8.87. The van der Waals surface area contributed by atoms with Crippen LogP contribution in [-0.4, -0.2) is 17.7 Å². The third kappa shape index (κ3) is 4.39. The number of hydrogen-bond donors (Lipinski definition) is 3. The highest BCUT2D eigenvalue weighted by Crippen LogP contribution is 2.31.